The van der Waals surface area contributed by atoms with Crippen LogP contribution in [0.1, 0.15) is 21.2 Å². The monoisotopic (exact) mass is 314 g/mol. The number of carbonyl (C=O) groups excluding carboxylic acids is 1. The Morgan fingerprint density at radius 1 is 1.47 bits per heavy atom. The van der Waals surface area contributed by atoms with Crippen LogP contribution in [0.15, 0.2) is 32.5 Å². The molecule has 0 aromatic carbocycles. The molecule has 2 rings (SSSR count). The second-order valence-electron chi connectivity index (χ2n) is 3.34. The summed E-state index contributed by atoms with van der Waals surface area (Å²) in [5, 5.41) is 4.75. The van der Waals surface area contributed by atoms with E-state index < -0.39 is 0 Å². The molecule has 3 N–H and O–H groups in total. The average Bonchev–Trinajstić information content (AvgIpc) is 2.94. The van der Waals surface area contributed by atoms with Crippen LogP contribution in [0.2, 0.25) is 0 Å². The van der Waals surface area contributed by atoms with E-state index in [1.165, 1.54) is 0 Å². The summed E-state index contributed by atoms with van der Waals surface area (Å²) in [6.07, 6.45) is 0. The summed E-state index contributed by atoms with van der Waals surface area (Å²) < 4.78 is 6.25. The minimum absolute atomic E-state index is 0.231. The van der Waals surface area contributed by atoms with Crippen LogP contribution >= 0.6 is 27.3 Å². The molecule has 4 nitrogen and oxygen atoms in total. The minimum Gasteiger partial charge on any atom is -0.455 e. The third-order valence-electron chi connectivity index (χ3n) is 2.19. The van der Waals surface area contributed by atoms with Gasteiger partial charge in [0.15, 0.2) is 5.76 Å². The zero-order chi connectivity index (χ0) is 12.3. The molecule has 2 aromatic rings. The molecule has 0 unspecified atom stereocenters. The van der Waals surface area contributed by atoms with Crippen molar-refractivity contribution in [3.63, 3.8) is 0 Å². The van der Waals surface area contributed by atoms with E-state index in [1.54, 1.807) is 23.5 Å². The molecule has 90 valence electrons. The van der Waals surface area contributed by atoms with Crippen molar-refractivity contribution in [2.24, 2.45) is 5.73 Å². The lowest BCUT2D eigenvalue weighted by molar-refractivity contribution is 0.0922. The topological polar surface area (TPSA) is 68.3 Å². The molecule has 0 fully saturated rings. The van der Waals surface area contributed by atoms with Gasteiger partial charge in [-0.2, -0.15) is 0 Å². The summed E-state index contributed by atoms with van der Waals surface area (Å²) in [6, 6.07) is 5.28. The number of carbonyl (C=O) groups is 1. The lowest BCUT2D eigenvalue weighted by atomic mass is 10.4. The van der Waals surface area contributed by atoms with E-state index in [0.29, 0.717) is 18.8 Å². The second kappa shape index (κ2) is 5.48. The average molecular weight is 315 g/mol. The summed E-state index contributed by atoms with van der Waals surface area (Å²) in [5.74, 6) is 0.663. The van der Waals surface area contributed by atoms with Gasteiger partial charge in [-0.05, 0) is 39.5 Å². The number of rotatable bonds is 4. The summed E-state index contributed by atoms with van der Waals surface area (Å²) in [7, 11) is 0. The predicted octanol–water partition coefficient (Wildman–Crippen LogP) is 2.49. The zero-order valence-electron chi connectivity index (χ0n) is 8.90. The van der Waals surface area contributed by atoms with Gasteiger partial charge in [0.05, 0.1) is 13.1 Å². The fourth-order valence-corrected chi connectivity index (χ4v) is 2.74. The molecule has 17 heavy (non-hydrogen) atoms. The lowest BCUT2D eigenvalue weighted by Gasteiger charge is -2.01. The molecule has 0 bridgehead atoms. The molecule has 0 atom stereocenters. The van der Waals surface area contributed by atoms with Gasteiger partial charge in [-0.25, -0.2) is 0 Å². The first-order valence-electron chi connectivity index (χ1n) is 4.99. The summed E-state index contributed by atoms with van der Waals surface area (Å²) in [4.78, 5) is 12.8. The van der Waals surface area contributed by atoms with E-state index in [0.717, 1.165) is 9.35 Å². The highest BCUT2D eigenvalue weighted by Gasteiger charge is 2.11. The minimum atomic E-state index is -0.231. The quantitative estimate of drug-likeness (QED) is 0.911. The van der Waals surface area contributed by atoms with Crippen LogP contribution in [0, 0.1) is 0 Å². The number of amides is 1. The van der Waals surface area contributed by atoms with E-state index in [4.69, 9.17) is 10.2 Å². The number of nitrogens with two attached hydrogens (primary N) is 1. The van der Waals surface area contributed by atoms with Gasteiger partial charge in [0, 0.05) is 9.35 Å². The Labute approximate surface area is 111 Å². The van der Waals surface area contributed by atoms with Crippen LogP contribution in [0.4, 0.5) is 0 Å². The zero-order valence-corrected chi connectivity index (χ0v) is 11.3. The van der Waals surface area contributed by atoms with Crippen LogP contribution in [0.25, 0.3) is 0 Å². The first-order chi connectivity index (χ1) is 8.20. The molecule has 0 saturated heterocycles. The van der Waals surface area contributed by atoms with Crippen molar-refractivity contribution in [3.05, 3.63) is 44.4 Å². The van der Waals surface area contributed by atoms with Gasteiger partial charge < -0.3 is 15.5 Å². The van der Waals surface area contributed by atoms with Gasteiger partial charge >= 0.3 is 0 Å². The van der Waals surface area contributed by atoms with Crippen molar-refractivity contribution >= 4 is 33.2 Å². The van der Waals surface area contributed by atoms with E-state index in [2.05, 4.69) is 21.2 Å². The number of hydrogen-bond acceptors (Lipinski definition) is 4. The third-order valence-corrected chi connectivity index (χ3v) is 4.11. The Bertz CT molecular complexity index is 521. The van der Waals surface area contributed by atoms with Gasteiger partial charge in [0.1, 0.15) is 5.76 Å². The van der Waals surface area contributed by atoms with Gasteiger partial charge in [-0.15, -0.1) is 11.3 Å². The van der Waals surface area contributed by atoms with E-state index in [1.807, 2.05) is 11.4 Å². The molecule has 0 aliphatic heterocycles. The van der Waals surface area contributed by atoms with E-state index in [9.17, 15) is 4.79 Å². The Morgan fingerprint density at radius 3 is 2.88 bits per heavy atom. The molecule has 0 radical (unpaired) electrons. The maximum Gasteiger partial charge on any atom is 0.287 e. The number of furan rings is 1. The molecule has 0 aliphatic rings. The Morgan fingerprint density at radius 2 is 2.29 bits per heavy atom. The molecular weight excluding hydrogens is 304 g/mol. The van der Waals surface area contributed by atoms with Crippen molar-refractivity contribution in [1.29, 1.82) is 0 Å². The van der Waals surface area contributed by atoms with E-state index >= 15 is 0 Å². The van der Waals surface area contributed by atoms with Gasteiger partial charge in [0.25, 0.3) is 5.91 Å². The molecular formula is C11H11BrN2O2S. The van der Waals surface area contributed by atoms with Crippen LogP contribution in [0.3, 0.4) is 0 Å². The van der Waals surface area contributed by atoms with Crippen LogP contribution < -0.4 is 11.1 Å². The standard InChI is InChI=1S/C11H11BrN2O2S/c12-8-3-4-17-10(8)6-14-11(15)9-2-1-7(5-13)16-9/h1-4H,5-6,13H2,(H,14,15). The summed E-state index contributed by atoms with van der Waals surface area (Å²) in [6.45, 7) is 0.777. The largest absolute Gasteiger partial charge is 0.455 e. The van der Waals surface area contributed by atoms with Crippen molar-refractivity contribution in [3.8, 4) is 0 Å². The molecule has 1 amide bonds. The Hall–Kier alpha value is -1.11. The normalized spacial score (nSPS) is 10.5. The number of halogens is 1. The smallest absolute Gasteiger partial charge is 0.287 e. The van der Waals surface area contributed by atoms with E-state index in [-0.39, 0.29) is 11.7 Å². The SMILES string of the molecule is NCc1ccc(C(=O)NCc2sccc2Br)o1. The molecule has 6 heteroatoms. The highest BCUT2D eigenvalue weighted by molar-refractivity contribution is 9.10. The third kappa shape index (κ3) is 2.96. The Kier molecular flexibility index (Phi) is 3.98. The Balaban J connectivity index is 1.95. The van der Waals surface area contributed by atoms with Gasteiger partial charge in [-0.1, -0.05) is 0 Å². The van der Waals surface area contributed by atoms with Crippen molar-refractivity contribution in [2.45, 2.75) is 13.1 Å². The van der Waals surface area contributed by atoms with Crippen LogP contribution in [-0.2, 0) is 13.1 Å². The number of thiophene rings is 1. The fourth-order valence-electron chi connectivity index (χ4n) is 1.31. The van der Waals surface area contributed by atoms with Gasteiger partial charge in [-0.3, -0.25) is 4.79 Å². The van der Waals surface area contributed by atoms with Crippen molar-refractivity contribution < 1.29 is 9.21 Å². The highest BCUT2D eigenvalue weighted by atomic mass is 79.9. The fraction of sp³-hybridized carbons (Fsp3) is 0.182. The van der Waals surface area contributed by atoms with Crippen LogP contribution in [-0.4, -0.2) is 5.91 Å². The first kappa shape index (κ1) is 12.3. The summed E-state index contributed by atoms with van der Waals surface area (Å²) in [5.41, 5.74) is 5.40. The number of nitrogens with one attached hydrogen (secondary N) is 1. The van der Waals surface area contributed by atoms with Crippen molar-refractivity contribution in [2.75, 3.05) is 0 Å². The lowest BCUT2D eigenvalue weighted by Crippen LogP contribution is -2.21. The second-order valence-corrected chi connectivity index (χ2v) is 5.20. The maximum absolute atomic E-state index is 11.7. The predicted molar refractivity (Wildman–Crippen MR) is 69.8 cm³/mol. The van der Waals surface area contributed by atoms with Crippen molar-refractivity contribution in [1.82, 2.24) is 5.32 Å². The summed E-state index contributed by atoms with van der Waals surface area (Å²) >= 11 is 4.99. The molecule has 0 saturated carbocycles. The highest BCUT2D eigenvalue weighted by Crippen LogP contribution is 2.22. The van der Waals surface area contributed by atoms with Gasteiger partial charge in [0.2, 0.25) is 0 Å². The number of hydrogen-bond donors (Lipinski definition) is 2. The molecule has 2 heterocycles. The molecule has 0 aliphatic carbocycles. The molecule has 2 aromatic heterocycles. The first-order valence-corrected chi connectivity index (χ1v) is 6.67. The molecule has 0 spiro atoms. The van der Waals surface area contributed by atoms with Crippen LogP contribution in [0.5, 0.6) is 0 Å². The maximum atomic E-state index is 11.7.